The molecule has 0 saturated carbocycles. The van der Waals surface area contributed by atoms with Gasteiger partial charge in [-0.1, -0.05) is 23.2 Å². The van der Waals surface area contributed by atoms with Crippen molar-refractivity contribution in [1.29, 1.82) is 0 Å². The lowest BCUT2D eigenvalue weighted by molar-refractivity contribution is 0.929. The molecular formula is C12H11BrCl2N2S. The number of nitrogen functional groups attached to an aromatic ring is 1. The van der Waals surface area contributed by atoms with E-state index in [9.17, 15) is 0 Å². The highest BCUT2D eigenvalue weighted by Crippen LogP contribution is 2.33. The van der Waals surface area contributed by atoms with Crippen LogP contribution in [0.2, 0.25) is 10.0 Å². The molecule has 0 amide bonds. The highest BCUT2D eigenvalue weighted by atomic mass is 79.9. The predicted octanol–water partition coefficient (Wildman–Crippen LogP) is 5.04. The highest BCUT2D eigenvalue weighted by molar-refractivity contribution is 9.11. The van der Waals surface area contributed by atoms with Crippen molar-refractivity contribution in [2.75, 3.05) is 17.7 Å². The lowest BCUT2D eigenvalue weighted by Gasteiger charge is -2.21. The average molecular weight is 366 g/mol. The Morgan fingerprint density at radius 3 is 2.56 bits per heavy atom. The fraction of sp³-hybridized carbons (Fsp3) is 0.167. The Hall–Kier alpha value is -0.420. The second-order valence-electron chi connectivity index (χ2n) is 3.94. The summed E-state index contributed by atoms with van der Waals surface area (Å²) in [6, 6.07) is 5.56. The Kier molecular flexibility index (Phi) is 4.43. The third-order valence-corrected chi connectivity index (χ3v) is 4.80. The van der Waals surface area contributed by atoms with Gasteiger partial charge in [0.05, 0.1) is 25.2 Å². The summed E-state index contributed by atoms with van der Waals surface area (Å²) in [5, 5.41) is 3.10. The number of rotatable bonds is 3. The molecule has 0 fully saturated rings. The van der Waals surface area contributed by atoms with Gasteiger partial charge >= 0.3 is 0 Å². The molecule has 2 N–H and O–H groups in total. The van der Waals surface area contributed by atoms with E-state index in [4.69, 9.17) is 28.9 Å². The standard InChI is InChI=1S/C12H11BrCl2N2S/c1-17(5-7-2-12(13)18-6-7)11-4-9(15)8(14)3-10(11)16/h2-4,6H,5,16H2,1H3. The normalized spacial score (nSPS) is 10.7. The first kappa shape index (κ1) is 14.0. The monoisotopic (exact) mass is 364 g/mol. The molecular weight excluding hydrogens is 355 g/mol. The number of nitrogens with two attached hydrogens (primary N) is 1. The topological polar surface area (TPSA) is 29.3 Å². The summed E-state index contributed by atoms with van der Waals surface area (Å²) < 4.78 is 1.12. The van der Waals surface area contributed by atoms with E-state index >= 15 is 0 Å². The number of thiophene rings is 1. The molecule has 6 heteroatoms. The van der Waals surface area contributed by atoms with Crippen LogP contribution in [0, 0.1) is 0 Å². The van der Waals surface area contributed by atoms with E-state index in [0.717, 1.165) is 16.0 Å². The van der Waals surface area contributed by atoms with E-state index in [0.29, 0.717) is 15.7 Å². The molecule has 0 radical (unpaired) electrons. The van der Waals surface area contributed by atoms with Gasteiger partial charge in [0.1, 0.15) is 0 Å². The molecule has 0 spiro atoms. The molecule has 0 unspecified atom stereocenters. The molecule has 2 rings (SSSR count). The van der Waals surface area contributed by atoms with Crippen LogP contribution < -0.4 is 10.6 Å². The van der Waals surface area contributed by atoms with E-state index < -0.39 is 0 Å². The Labute approximate surface area is 128 Å². The van der Waals surface area contributed by atoms with E-state index in [1.807, 2.05) is 11.9 Å². The van der Waals surface area contributed by atoms with Crippen LogP contribution in [0.15, 0.2) is 27.4 Å². The maximum absolute atomic E-state index is 6.02. The van der Waals surface area contributed by atoms with Crippen molar-refractivity contribution in [3.8, 4) is 0 Å². The van der Waals surface area contributed by atoms with E-state index in [1.165, 1.54) is 5.56 Å². The lowest BCUT2D eigenvalue weighted by Crippen LogP contribution is -2.17. The van der Waals surface area contributed by atoms with E-state index in [2.05, 4.69) is 27.4 Å². The van der Waals surface area contributed by atoms with E-state index in [-0.39, 0.29) is 0 Å². The molecule has 0 bridgehead atoms. The summed E-state index contributed by atoms with van der Waals surface area (Å²) in [5.41, 5.74) is 8.69. The van der Waals surface area contributed by atoms with Gasteiger partial charge in [-0.3, -0.25) is 0 Å². The van der Waals surface area contributed by atoms with Gasteiger partial charge in [-0.2, -0.15) is 0 Å². The Morgan fingerprint density at radius 1 is 1.28 bits per heavy atom. The fourth-order valence-corrected chi connectivity index (χ4v) is 3.20. The van der Waals surface area contributed by atoms with Crippen molar-refractivity contribution < 1.29 is 0 Å². The van der Waals surface area contributed by atoms with Crippen LogP contribution in [0.25, 0.3) is 0 Å². The zero-order valence-electron chi connectivity index (χ0n) is 9.58. The third kappa shape index (κ3) is 3.12. The van der Waals surface area contributed by atoms with Gasteiger partial charge in [0.25, 0.3) is 0 Å². The summed E-state index contributed by atoms with van der Waals surface area (Å²) in [6.07, 6.45) is 0. The van der Waals surface area contributed by atoms with Crippen LogP contribution in [0.4, 0.5) is 11.4 Å². The summed E-state index contributed by atoms with van der Waals surface area (Å²) in [5.74, 6) is 0. The molecule has 1 aromatic heterocycles. The molecule has 1 heterocycles. The predicted molar refractivity (Wildman–Crippen MR) is 85.0 cm³/mol. The van der Waals surface area contributed by atoms with Crippen molar-refractivity contribution in [2.45, 2.75) is 6.54 Å². The minimum atomic E-state index is 0.476. The first-order valence-electron chi connectivity index (χ1n) is 5.16. The molecule has 1 aromatic carbocycles. The van der Waals surface area contributed by atoms with Crippen LogP contribution in [0.1, 0.15) is 5.56 Å². The minimum absolute atomic E-state index is 0.476. The van der Waals surface area contributed by atoms with Gasteiger partial charge in [0, 0.05) is 13.6 Å². The van der Waals surface area contributed by atoms with Crippen LogP contribution in [0.3, 0.4) is 0 Å². The van der Waals surface area contributed by atoms with Crippen molar-refractivity contribution in [2.24, 2.45) is 0 Å². The molecule has 2 aromatic rings. The van der Waals surface area contributed by atoms with Gasteiger partial charge in [-0.25, -0.2) is 0 Å². The molecule has 0 aliphatic carbocycles. The second kappa shape index (κ2) is 5.70. The molecule has 0 aliphatic heterocycles. The van der Waals surface area contributed by atoms with Crippen LogP contribution >= 0.6 is 50.5 Å². The van der Waals surface area contributed by atoms with Gasteiger partial charge in [0.15, 0.2) is 0 Å². The number of hydrogen-bond donors (Lipinski definition) is 1. The number of halogens is 3. The second-order valence-corrected chi connectivity index (χ2v) is 7.05. The van der Waals surface area contributed by atoms with Crippen molar-refractivity contribution in [1.82, 2.24) is 0 Å². The third-order valence-electron chi connectivity index (χ3n) is 2.52. The minimum Gasteiger partial charge on any atom is -0.397 e. The Balaban J connectivity index is 2.23. The number of hydrogen-bond acceptors (Lipinski definition) is 3. The van der Waals surface area contributed by atoms with Gasteiger partial charge < -0.3 is 10.6 Å². The summed E-state index contributed by atoms with van der Waals surface area (Å²) >= 11 is 17.1. The maximum atomic E-state index is 6.02. The highest BCUT2D eigenvalue weighted by Gasteiger charge is 2.10. The van der Waals surface area contributed by atoms with Crippen molar-refractivity contribution in [3.63, 3.8) is 0 Å². The SMILES string of the molecule is CN(Cc1csc(Br)c1)c1cc(Cl)c(Cl)cc1N. The van der Waals surface area contributed by atoms with Crippen LogP contribution in [-0.2, 0) is 6.54 Å². The van der Waals surface area contributed by atoms with Crippen LogP contribution in [0.5, 0.6) is 0 Å². The Morgan fingerprint density at radius 2 is 1.94 bits per heavy atom. The zero-order valence-corrected chi connectivity index (χ0v) is 13.5. The molecule has 0 saturated heterocycles. The molecule has 18 heavy (non-hydrogen) atoms. The van der Waals surface area contributed by atoms with Gasteiger partial charge in [-0.05, 0) is 45.1 Å². The molecule has 0 atom stereocenters. The quantitative estimate of drug-likeness (QED) is 0.772. The average Bonchev–Trinajstić information content (AvgIpc) is 2.69. The maximum Gasteiger partial charge on any atom is 0.0701 e. The summed E-state index contributed by atoms with van der Waals surface area (Å²) in [6.45, 7) is 0.768. The van der Waals surface area contributed by atoms with Gasteiger partial charge in [-0.15, -0.1) is 11.3 Å². The van der Waals surface area contributed by atoms with E-state index in [1.54, 1.807) is 23.5 Å². The zero-order chi connectivity index (χ0) is 13.3. The smallest absolute Gasteiger partial charge is 0.0701 e. The Bertz CT molecular complexity index is 571. The fourth-order valence-electron chi connectivity index (χ4n) is 1.67. The number of benzene rings is 1. The molecule has 96 valence electrons. The number of nitrogens with zero attached hydrogens (tertiary/aromatic N) is 1. The molecule has 2 nitrogen and oxygen atoms in total. The van der Waals surface area contributed by atoms with Crippen molar-refractivity contribution in [3.05, 3.63) is 43.0 Å². The lowest BCUT2D eigenvalue weighted by atomic mass is 10.2. The largest absolute Gasteiger partial charge is 0.397 e. The van der Waals surface area contributed by atoms with Crippen LogP contribution in [-0.4, -0.2) is 7.05 Å². The van der Waals surface area contributed by atoms with Crippen molar-refractivity contribution >= 4 is 61.8 Å². The summed E-state index contributed by atoms with van der Waals surface area (Å²) in [7, 11) is 1.97. The van der Waals surface area contributed by atoms with Gasteiger partial charge in [0.2, 0.25) is 0 Å². The first-order chi connectivity index (χ1) is 8.47. The number of anilines is 2. The summed E-state index contributed by atoms with van der Waals surface area (Å²) in [4.78, 5) is 2.05. The molecule has 0 aliphatic rings. The first-order valence-corrected chi connectivity index (χ1v) is 7.59.